The van der Waals surface area contributed by atoms with Gasteiger partial charge in [0.05, 0.1) is 15.6 Å². The van der Waals surface area contributed by atoms with Crippen LogP contribution in [0.4, 0.5) is 0 Å². The zero-order valence-corrected chi connectivity index (χ0v) is 22.6. The Hall–Kier alpha value is -2.86. The van der Waals surface area contributed by atoms with Gasteiger partial charge in [0.25, 0.3) is 0 Å². The van der Waals surface area contributed by atoms with E-state index in [-0.39, 0.29) is 17.4 Å². The van der Waals surface area contributed by atoms with E-state index in [1.165, 1.54) is 0 Å². The number of carbonyl (C=O) groups is 2. The highest BCUT2D eigenvalue weighted by Gasteiger charge is 2.37. The van der Waals surface area contributed by atoms with Crippen molar-refractivity contribution in [3.63, 3.8) is 0 Å². The highest BCUT2D eigenvalue weighted by Crippen LogP contribution is 2.35. The summed E-state index contributed by atoms with van der Waals surface area (Å²) in [6.07, 6.45) is 3.24. The van der Waals surface area contributed by atoms with Crippen LogP contribution in [0.2, 0.25) is 10.0 Å². The van der Waals surface area contributed by atoms with E-state index < -0.39 is 5.91 Å². The Balaban J connectivity index is 1.50. The Kier molecular flexibility index (Phi) is 8.91. The second-order valence-electron chi connectivity index (χ2n) is 9.86. The van der Waals surface area contributed by atoms with E-state index in [2.05, 4.69) is 22.3 Å². The molecular formula is C30H33Cl2N3O2. The highest BCUT2D eigenvalue weighted by atomic mass is 35.5. The second-order valence-corrected chi connectivity index (χ2v) is 10.7. The van der Waals surface area contributed by atoms with E-state index >= 15 is 0 Å². The molecule has 4 rings (SSSR count). The number of carbonyl (C=O) groups excluding carboxylic acids is 2. The molecule has 1 saturated heterocycles. The molecular weight excluding hydrogens is 505 g/mol. The van der Waals surface area contributed by atoms with E-state index in [9.17, 15) is 9.59 Å². The summed E-state index contributed by atoms with van der Waals surface area (Å²) in [5, 5.41) is 4.29. The van der Waals surface area contributed by atoms with Crippen LogP contribution in [0.5, 0.6) is 0 Å². The summed E-state index contributed by atoms with van der Waals surface area (Å²) < 4.78 is 0. The third-order valence-electron chi connectivity index (χ3n) is 7.41. The lowest BCUT2D eigenvalue weighted by molar-refractivity contribution is -0.121. The summed E-state index contributed by atoms with van der Waals surface area (Å²) in [5.41, 5.74) is 9.03. The van der Waals surface area contributed by atoms with Crippen molar-refractivity contribution in [1.29, 1.82) is 0 Å². The third-order valence-corrected chi connectivity index (χ3v) is 8.15. The lowest BCUT2D eigenvalue weighted by atomic mass is 9.80. The van der Waals surface area contributed by atoms with Crippen LogP contribution in [-0.2, 0) is 16.8 Å². The van der Waals surface area contributed by atoms with Gasteiger partial charge in [-0.3, -0.25) is 9.59 Å². The molecule has 0 spiro atoms. The van der Waals surface area contributed by atoms with Gasteiger partial charge in [-0.05, 0) is 73.0 Å². The number of rotatable bonds is 9. The van der Waals surface area contributed by atoms with Crippen LogP contribution >= 0.6 is 23.2 Å². The molecule has 3 aromatic carbocycles. The summed E-state index contributed by atoms with van der Waals surface area (Å²) in [4.78, 5) is 26.6. The standard InChI is InChI=1S/C30H33Cl2N3O2/c1-21(36)34-30(25-8-3-2-4-9-25)14-17-35(18-15-30)16-13-23(22-11-12-27(31)28(32)20-22)19-24-7-5-6-10-26(24)29(33)37/h2-12,20,23H,13-19H2,1H3,(H2,33,37)(H,34,36). The minimum absolute atomic E-state index is 0.00917. The number of hydrogen-bond acceptors (Lipinski definition) is 3. The number of hydrogen-bond donors (Lipinski definition) is 2. The summed E-state index contributed by atoms with van der Waals surface area (Å²) in [6, 6.07) is 23.5. The maximum atomic E-state index is 12.1. The summed E-state index contributed by atoms with van der Waals surface area (Å²) in [6.45, 7) is 4.22. The molecule has 3 aromatic rings. The maximum Gasteiger partial charge on any atom is 0.248 e. The molecule has 0 radical (unpaired) electrons. The average Bonchev–Trinajstić information content (AvgIpc) is 2.89. The molecule has 2 amide bonds. The number of nitrogens with zero attached hydrogens (tertiary/aromatic N) is 1. The van der Waals surface area contributed by atoms with Gasteiger partial charge in [-0.15, -0.1) is 0 Å². The lowest BCUT2D eigenvalue weighted by Crippen LogP contribution is -2.52. The number of primary amides is 1. The molecule has 37 heavy (non-hydrogen) atoms. The fourth-order valence-electron chi connectivity index (χ4n) is 5.43. The Morgan fingerprint density at radius 2 is 1.65 bits per heavy atom. The van der Waals surface area contributed by atoms with Gasteiger partial charge in [0.1, 0.15) is 0 Å². The van der Waals surface area contributed by atoms with Gasteiger partial charge in [-0.1, -0.05) is 77.8 Å². The molecule has 0 aliphatic carbocycles. The van der Waals surface area contributed by atoms with E-state index in [1.807, 2.05) is 54.6 Å². The molecule has 3 N–H and O–H groups in total. The predicted molar refractivity (Wildman–Crippen MR) is 150 cm³/mol. The van der Waals surface area contributed by atoms with Gasteiger partial charge in [0, 0.05) is 25.6 Å². The number of likely N-dealkylation sites (tertiary alicyclic amines) is 1. The topological polar surface area (TPSA) is 75.4 Å². The number of nitrogens with two attached hydrogens (primary N) is 1. The van der Waals surface area contributed by atoms with E-state index in [0.717, 1.165) is 55.6 Å². The van der Waals surface area contributed by atoms with Crippen molar-refractivity contribution in [2.45, 2.75) is 44.1 Å². The van der Waals surface area contributed by atoms with Crippen molar-refractivity contribution in [3.8, 4) is 0 Å². The van der Waals surface area contributed by atoms with Gasteiger partial charge in [0.2, 0.25) is 11.8 Å². The zero-order valence-electron chi connectivity index (χ0n) is 21.1. The van der Waals surface area contributed by atoms with Gasteiger partial charge >= 0.3 is 0 Å². The Morgan fingerprint density at radius 1 is 0.973 bits per heavy atom. The van der Waals surface area contributed by atoms with Crippen LogP contribution < -0.4 is 11.1 Å². The van der Waals surface area contributed by atoms with Crippen LogP contribution in [-0.4, -0.2) is 36.3 Å². The van der Waals surface area contributed by atoms with E-state index in [4.69, 9.17) is 28.9 Å². The highest BCUT2D eigenvalue weighted by molar-refractivity contribution is 6.42. The van der Waals surface area contributed by atoms with Crippen molar-refractivity contribution < 1.29 is 9.59 Å². The molecule has 1 unspecified atom stereocenters. The van der Waals surface area contributed by atoms with E-state index in [0.29, 0.717) is 22.0 Å². The van der Waals surface area contributed by atoms with Crippen molar-refractivity contribution >= 4 is 35.0 Å². The molecule has 1 atom stereocenters. The van der Waals surface area contributed by atoms with Crippen LogP contribution in [0.1, 0.15) is 59.2 Å². The summed E-state index contributed by atoms with van der Waals surface area (Å²) in [7, 11) is 0. The number of benzene rings is 3. The zero-order chi connectivity index (χ0) is 26.4. The van der Waals surface area contributed by atoms with Gasteiger partial charge in [-0.25, -0.2) is 0 Å². The quantitative estimate of drug-likeness (QED) is 0.354. The molecule has 0 aromatic heterocycles. The molecule has 1 aliphatic heterocycles. The van der Waals surface area contributed by atoms with Crippen molar-refractivity contribution in [2.75, 3.05) is 19.6 Å². The maximum absolute atomic E-state index is 12.1. The smallest absolute Gasteiger partial charge is 0.248 e. The molecule has 194 valence electrons. The SMILES string of the molecule is CC(=O)NC1(c2ccccc2)CCN(CCC(Cc2ccccc2C(N)=O)c2ccc(Cl)c(Cl)c2)CC1. The minimum atomic E-state index is -0.422. The number of nitrogens with one attached hydrogen (secondary N) is 1. The second kappa shape index (κ2) is 12.1. The first-order valence-electron chi connectivity index (χ1n) is 12.7. The fraction of sp³-hybridized carbons (Fsp3) is 0.333. The van der Waals surface area contributed by atoms with Gasteiger partial charge in [0.15, 0.2) is 0 Å². The molecule has 1 fully saturated rings. The molecule has 0 bridgehead atoms. The van der Waals surface area contributed by atoms with E-state index in [1.54, 1.807) is 13.0 Å². The molecule has 0 saturated carbocycles. The fourth-order valence-corrected chi connectivity index (χ4v) is 5.74. The normalized spacial score (nSPS) is 16.2. The summed E-state index contributed by atoms with van der Waals surface area (Å²) >= 11 is 12.6. The van der Waals surface area contributed by atoms with Gasteiger partial charge in [-0.2, -0.15) is 0 Å². The Labute approximate surface area is 228 Å². The lowest BCUT2D eigenvalue weighted by Gasteiger charge is -2.43. The minimum Gasteiger partial charge on any atom is -0.366 e. The largest absolute Gasteiger partial charge is 0.366 e. The number of piperidine rings is 1. The first kappa shape index (κ1) is 27.2. The average molecular weight is 539 g/mol. The molecule has 1 heterocycles. The molecule has 5 nitrogen and oxygen atoms in total. The van der Waals surface area contributed by atoms with Crippen LogP contribution in [0, 0.1) is 0 Å². The van der Waals surface area contributed by atoms with Crippen LogP contribution in [0.25, 0.3) is 0 Å². The Bertz CT molecular complexity index is 1240. The predicted octanol–water partition coefficient (Wildman–Crippen LogP) is 5.94. The number of amides is 2. The first-order valence-corrected chi connectivity index (χ1v) is 13.4. The van der Waals surface area contributed by atoms with Crippen molar-refractivity contribution in [3.05, 3.63) is 105 Å². The Morgan fingerprint density at radius 3 is 2.30 bits per heavy atom. The van der Waals surface area contributed by atoms with Crippen LogP contribution in [0.15, 0.2) is 72.8 Å². The molecule has 1 aliphatic rings. The van der Waals surface area contributed by atoms with Crippen molar-refractivity contribution in [2.24, 2.45) is 5.73 Å². The van der Waals surface area contributed by atoms with Gasteiger partial charge < -0.3 is 16.0 Å². The third kappa shape index (κ3) is 6.72. The first-order chi connectivity index (χ1) is 17.8. The van der Waals surface area contributed by atoms with Crippen molar-refractivity contribution in [1.82, 2.24) is 10.2 Å². The summed E-state index contributed by atoms with van der Waals surface area (Å²) in [5.74, 6) is -0.300. The van der Waals surface area contributed by atoms with Crippen LogP contribution in [0.3, 0.4) is 0 Å². The molecule has 7 heteroatoms. The monoisotopic (exact) mass is 537 g/mol. The number of halogens is 2.